The summed E-state index contributed by atoms with van der Waals surface area (Å²) >= 11 is 0. The van der Waals surface area contributed by atoms with E-state index < -0.39 is 0 Å². The van der Waals surface area contributed by atoms with E-state index in [0.717, 1.165) is 38.1 Å². The van der Waals surface area contributed by atoms with E-state index in [-0.39, 0.29) is 18.6 Å². The number of nitrogens with zero attached hydrogens (tertiary/aromatic N) is 3. The van der Waals surface area contributed by atoms with Crippen LogP contribution in [0, 0.1) is 0 Å². The van der Waals surface area contributed by atoms with Gasteiger partial charge in [0.2, 0.25) is 18.6 Å². The topological polar surface area (TPSA) is 77.7 Å². The van der Waals surface area contributed by atoms with Crippen LogP contribution in [-0.2, 0) is 0 Å². The predicted octanol–water partition coefficient (Wildman–Crippen LogP) is 3.87. The molecule has 0 bridgehead atoms. The molecule has 5 rings (SSSR count). The largest absolute Gasteiger partial charge is 0.454 e. The number of piperidine rings is 1. The number of hydrogen-bond acceptors (Lipinski definition) is 6. The minimum Gasteiger partial charge on any atom is -0.454 e. The fraction of sp³-hybridized carbons (Fsp3) is 0.571. The molecule has 1 saturated heterocycles. The van der Waals surface area contributed by atoms with Crippen molar-refractivity contribution < 1.29 is 18.7 Å². The molecule has 28 heavy (non-hydrogen) atoms. The van der Waals surface area contributed by atoms with Crippen molar-refractivity contribution in [3.63, 3.8) is 0 Å². The Kier molecular flexibility index (Phi) is 4.66. The third kappa shape index (κ3) is 3.34. The maximum absolute atomic E-state index is 13.0. The van der Waals surface area contributed by atoms with E-state index in [1.165, 1.54) is 19.3 Å². The van der Waals surface area contributed by atoms with Gasteiger partial charge in [0.25, 0.3) is 5.91 Å². The van der Waals surface area contributed by atoms with Crippen LogP contribution in [0.3, 0.4) is 0 Å². The lowest BCUT2D eigenvalue weighted by Gasteiger charge is -2.31. The summed E-state index contributed by atoms with van der Waals surface area (Å²) in [5, 5.41) is 8.67. The molecule has 2 aliphatic heterocycles. The van der Waals surface area contributed by atoms with E-state index in [4.69, 9.17) is 13.9 Å². The molecule has 0 N–H and O–H groups in total. The lowest BCUT2D eigenvalue weighted by atomic mass is 9.89. The molecule has 2 fully saturated rings. The number of ether oxygens (including phenoxy) is 2. The summed E-state index contributed by atoms with van der Waals surface area (Å²) in [4.78, 5) is 14.9. The molecular weight excluding hydrogens is 358 g/mol. The quantitative estimate of drug-likeness (QED) is 0.801. The van der Waals surface area contributed by atoms with Gasteiger partial charge in [0.05, 0.1) is 5.92 Å². The summed E-state index contributed by atoms with van der Waals surface area (Å²) < 4.78 is 16.8. The SMILES string of the molecule is O=C(c1ccc2c(c1)OCO2)N1CCCC(c2nnc(C3CCCCC3)o2)C1. The van der Waals surface area contributed by atoms with Gasteiger partial charge >= 0.3 is 0 Å². The summed E-state index contributed by atoms with van der Waals surface area (Å²) in [5.74, 6) is 3.32. The molecule has 7 heteroatoms. The van der Waals surface area contributed by atoms with E-state index in [9.17, 15) is 4.79 Å². The Morgan fingerprint density at radius 2 is 1.68 bits per heavy atom. The Morgan fingerprint density at radius 1 is 0.929 bits per heavy atom. The fourth-order valence-electron chi connectivity index (χ4n) is 4.50. The van der Waals surface area contributed by atoms with Gasteiger partial charge in [-0.1, -0.05) is 19.3 Å². The number of amides is 1. The first-order valence-corrected chi connectivity index (χ1v) is 10.3. The van der Waals surface area contributed by atoms with Crippen molar-refractivity contribution in [1.82, 2.24) is 15.1 Å². The molecule has 1 unspecified atom stereocenters. The second kappa shape index (κ2) is 7.45. The summed E-state index contributed by atoms with van der Waals surface area (Å²) in [6.07, 6.45) is 7.96. The van der Waals surface area contributed by atoms with Gasteiger partial charge in [0.15, 0.2) is 11.5 Å². The van der Waals surface area contributed by atoms with Gasteiger partial charge in [-0.25, -0.2) is 0 Å². The van der Waals surface area contributed by atoms with E-state index in [1.54, 1.807) is 18.2 Å². The van der Waals surface area contributed by atoms with Crippen molar-refractivity contribution in [2.75, 3.05) is 19.9 Å². The first-order valence-electron chi connectivity index (χ1n) is 10.3. The van der Waals surface area contributed by atoms with Gasteiger partial charge in [-0.05, 0) is 43.9 Å². The van der Waals surface area contributed by atoms with E-state index in [2.05, 4.69) is 10.2 Å². The zero-order valence-electron chi connectivity index (χ0n) is 15.9. The van der Waals surface area contributed by atoms with Gasteiger partial charge in [-0.2, -0.15) is 0 Å². The minimum atomic E-state index is 0.00928. The highest BCUT2D eigenvalue weighted by Gasteiger charge is 2.31. The molecule has 1 aromatic carbocycles. The zero-order chi connectivity index (χ0) is 18.9. The molecule has 3 aliphatic rings. The number of rotatable bonds is 3. The van der Waals surface area contributed by atoms with Crippen LogP contribution >= 0.6 is 0 Å². The van der Waals surface area contributed by atoms with E-state index in [1.807, 2.05) is 4.90 Å². The maximum Gasteiger partial charge on any atom is 0.254 e. The smallest absolute Gasteiger partial charge is 0.254 e. The lowest BCUT2D eigenvalue weighted by molar-refractivity contribution is 0.0697. The summed E-state index contributed by atoms with van der Waals surface area (Å²) in [5.41, 5.74) is 0.623. The molecule has 1 aromatic heterocycles. The normalized spacial score (nSPS) is 22.4. The number of fused-ring (bicyclic) bond motifs is 1. The first-order chi connectivity index (χ1) is 13.8. The van der Waals surface area contributed by atoms with Gasteiger partial charge in [0, 0.05) is 24.6 Å². The highest BCUT2D eigenvalue weighted by Crippen LogP contribution is 2.35. The average molecular weight is 383 g/mol. The van der Waals surface area contributed by atoms with Gasteiger partial charge in [0.1, 0.15) is 0 Å². The van der Waals surface area contributed by atoms with E-state index in [0.29, 0.717) is 35.4 Å². The lowest BCUT2D eigenvalue weighted by Crippen LogP contribution is -2.39. The molecule has 2 aromatic rings. The van der Waals surface area contributed by atoms with Gasteiger partial charge < -0.3 is 18.8 Å². The van der Waals surface area contributed by atoms with Crippen LogP contribution in [0.25, 0.3) is 0 Å². The summed E-state index contributed by atoms with van der Waals surface area (Å²) in [6, 6.07) is 5.36. The first kappa shape index (κ1) is 17.5. The Hall–Kier alpha value is -2.57. The minimum absolute atomic E-state index is 0.00928. The second-order valence-electron chi connectivity index (χ2n) is 7.97. The number of likely N-dealkylation sites (tertiary alicyclic amines) is 1. The third-order valence-corrected chi connectivity index (χ3v) is 6.09. The summed E-state index contributed by atoms with van der Waals surface area (Å²) in [7, 11) is 0. The van der Waals surface area contributed by atoms with Crippen molar-refractivity contribution in [2.24, 2.45) is 0 Å². The summed E-state index contributed by atoms with van der Waals surface area (Å²) in [6.45, 7) is 1.56. The molecule has 1 saturated carbocycles. The second-order valence-corrected chi connectivity index (χ2v) is 7.97. The molecule has 148 valence electrons. The van der Waals surface area contributed by atoms with Crippen LogP contribution in [-0.4, -0.2) is 40.9 Å². The Bertz CT molecular complexity index is 859. The molecule has 0 spiro atoms. The molecule has 1 amide bonds. The van der Waals surface area contributed by atoms with Crippen molar-refractivity contribution in [3.8, 4) is 11.5 Å². The molecule has 3 heterocycles. The number of carbonyl (C=O) groups excluding carboxylic acids is 1. The molecule has 1 aliphatic carbocycles. The number of carbonyl (C=O) groups is 1. The number of hydrogen-bond donors (Lipinski definition) is 0. The third-order valence-electron chi connectivity index (χ3n) is 6.09. The molecular formula is C21H25N3O4. The molecule has 7 nitrogen and oxygen atoms in total. The van der Waals surface area contributed by atoms with Gasteiger partial charge in [-0.3, -0.25) is 4.79 Å². The van der Waals surface area contributed by atoms with Crippen LogP contribution in [0.5, 0.6) is 11.5 Å². The monoisotopic (exact) mass is 383 g/mol. The maximum atomic E-state index is 13.0. The Balaban J connectivity index is 1.28. The van der Waals surface area contributed by atoms with Crippen LogP contribution in [0.2, 0.25) is 0 Å². The van der Waals surface area contributed by atoms with E-state index >= 15 is 0 Å². The highest BCUT2D eigenvalue weighted by molar-refractivity contribution is 5.95. The standard InChI is InChI=1S/C21H25N3O4/c25-21(15-8-9-17-18(11-15)27-13-26-17)24-10-4-7-16(12-24)20-23-22-19(28-20)14-5-2-1-3-6-14/h8-9,11,14,16H,1-7,10,12-13H2. The Labute approximate surface area is 164 Å². The zero-order valence-corrected chi connectivity index (χ0v) is 15.9. The van der Waals surface area contributed by atoms with Crippen LogP contribution in [0.15, 0.2) is 22.6 Å². The molecule has 0 radical (unpaired) electrons. The Morgan fingerprint density at radius 3 is 2.54 bits per heavy atom. The highest BCUT2D eigenvalue weighted by atomic mass is 16.7. The van der Waals surface area contributed by atoms with Crippen molar-refractivity contribution >= 4 is 5.91 Å². The van der Waals surface area contributed by atoms with Crippen molar-refractivity contribution in [3.05, 3.63) is 35.5 Å². The van der Waals surface area contributed by atoms with Crippen LogP contribution < -0.4 is 9.47 Å². The predicted molar refractivity (Wildman–Crippen MR) is 101 cm³/mol. The van der Waals surface area contributed by atoms with Crippen LogP contribution in [0.4, 0.5) is 0 Å². The number of aromatic nitrogens is 2. The fourth-order valence-corrected chi connectivity index (χ4v) is 4.50. The van der Waals surface area contributed by atoms with Gasteiger partial charge in [-0.15, -0.1) is 10.2 Å². The van der Waals surface area contributed by atoms with Crippen molar-refractivity contribution in [1.29, 1.82) is 0 Å². The van der Waals surface area contributed by atoms with Crippen molar-refractivity contribution in [2.45, 2.75) is 56.8 Å². The average Bonchev–Trinajstić information content (AvgIpc) is 3.43. The van der Waals surface area contributed by atoms with Crippen LogP contribution in [0.1, 0.15) is 78.9 Å². The molecule has 1 atom stereocenters. The number of benzene rings is 1.